The van der Waals surface area contributed by atoms with Gasteiger partial charge in [-0.15, -0.1) is 0 Å². The second kappa shape index (κ2) is 17.9. The van der Waals surface area contributed by atoms with Crippen LogP contribution < -0.4 is 19.6 Å². The summed E-state index contributed by atoms with van der Waals surface area (Å²) < 4.78 is 29.0. The standard InChI is InChI=1S/2C23H23FN6O2/c1-14-17-12-26-22(19-4-2-3-7-25-19)27-18(17)6-9-30(14)21-11-16(10-20(24)28-21)29-8-5-15(13-29)23(31)32;1-14-17-12-26-22(19-4-2-3-7-25-19)27-18(17)6-9-30(14)21-11-16(24)10-20(28-21)29-8-5-15(13-29)23(31)32/h2*2-4,7,10-12,14-15H,5-6,8-9,13H2,1H3,(H,31,32). The van der Waals surface area contributed by atoms with Crippen LogP contribution in [0.4, 0.5) is 31.9 Å². The molecule has 0 spiro atoms. The van der Waals surface area contributed by atoms with Crippen molar-refractivity contribution in [3.63, 3.8) is 0 Å². The van der Waals surface area contributed by atoms with Crippen molar-refractivity contribution in [3.8, 4) is 23.0 Å². The molecule has 328 valence electrons. The molecule has 0 saturated carbocycles. The topological polar surface area (TPSA) is 191 Å². The molecule has 0 radical (unpaired) electrons. The third-order valence-electron chi connectivity index (χ3n) is 12.5. The van der Waals surface area contributed by atoms with Gasteiger partial charge in [0.15, 0.2) is 11.6 Å². The third-order valence-corrected chi connectivity index (χ3v) is 12.5. The fraction of sp³-hybridized carbons (Fsp3) is 0.348. The maximum Gasteiger partial charge on any atom is 0.308 e. The Morgan fingerprint density at radius 2 is 1.12 bits per heavy atom. The summed E-state index contributed by atoms with van der Waals surface area (Å²) >= 11 is 0. The summed E-state index contributed by atoms with van der Waals surface area (Å²) in [7, 11) is 0. The van der Waals surface area contributed by atoms with Crippen molar-refractivity contribution in [3.05, 3.63) is 120 Å². The summed E-state index contributed by atoms with van der Waals surface area (Å²) in [6, 6.07) is 17.1. The van der Waals surface area contributed by atoms with Gasteiger partial charge < -0.3 is 29.8 Å². The summed E-state index contributed by atoms with van der Waals surface area (Å²) in [6.07, 6.45) is 9.52. The number of aliphatic carboxylic acids is 2. The Labute approximate surface area is 367 Å². The van der Waals surface area contributed by atoms with E-state index in [1.54, 1.807) is 12.4 Å². The maximum absolute atomic E-state index is 14.5. The van der Waals surface area contributed by atoms with Crippen LogP contribution in [0.15, 0.2) is 85.5 Å². The van der Waals surface area contributed by atoms with Gasteiger partial charge in [-0.25, -0.2) is 34.3 Å². The molecule has 10 rings (SSSR count). The zero-order valence-corrected chi connectivity index (χ0v) is 35.3. The van der Waals surface area contributed by atoms with Gasteiger partial charge in [-0.3, -0.25) is 19.6 Å². The Morgan fingerprint density at radius 1 is 0.609 bits per heavy atom. The van der Waals surface area contributed by atoms with Crippen LogP contribution in [0, 0.1) is 23.6 Å². The first-order valence-corrected chi connectivity index (χ1v) is 21.4. The quantitative estimate of drug-likeness (QED) is 0.164. The maximum atomic E-state index is 14.5. The minimum absolute atomic E-state index is 0.0796. The van der Waals surface area contributed by atoms with E-state index in [9.17, 15) is 28.6 Å². The van der Waals surface area contributed by atoms with Crippen molar-refractivity contribution in [1.82, 2.24) is 39.9 Å². The number of halogens is 2. The highest BCUT2D eigenvalue weighted by molar-refractivity contribution is 5.73. The molecule has 10 heterocycles. The smallest absolute Gasteiger partial charge is 0.308 e. The molecule has 4 aliphatic heterocycles. The summed E-state index contributed by atoms with van der Waals surface area (Å²) in [4.78, 5) is 66.4. The van der Waals surface area contributed by atoms with E-state index < -0.39 is 29.7 Å². The molecule has 2 N–H and O–H groups in total. The van der Waals surface area contributed by atoms with E-state index in [2.05, 4.69) is 29.9 Å². The predicted octanol–water partition coefficient (Wildman–Crippen LogP) is 6.21. The lowest BCUT2D eigenvalue weighted by Gasteiger charge is -2.36. The summed E-state index contributed by atoms with van der Waals surface area (Å²) in [6.45, 7) is 7.20. The Kier molecular flexibility index (Phi) is 11.7. The van der Waals surface area contributed by atoms with Crippen molar-refractivity contribution in [2.75, 3.05) is 58.9 Å². The minimum atomic E-state index is -0.824. The van der Waals surface area contributed by atoms with Gasteiger partial charge in [-0.1, -0.05) is 12.1 Å². The van der Waals surface area contributed by atoms with Gasteiger partial charge >= 0.3 is 11.9 Å². The van der Waals surface area contributed by atoms with Crippen LogP contribution >= 0.6 is 0 Å². The van der Waals surface area contributed by atoms with Gasteiger partial charge in [-0.2, -0.15) is 4.39 Å². The van der Waals surface area contributed by atoms with E-state index in [0.717, 1.165) is 33.9 Å². The fourth-order valence-electron chi connectivity index (χ4n) is 8.94. The van der Waals surface area contributed by atoms with Gasteiger partial charge in [0.1, 0.15) is 34.7 Å². The summed E-state index contributed by atoms with van der Waals surface area (Å²) in [5.74, 6) is -0.740. The van der Waals surface area contributed by atoms with Gasteiger partial charge in [0, 0.05) is 118 Å². The van der Waals surface area contributed by atoms with Crippen LogP contribution in [0.1, 0.15) is 61.3 Å². The Morgan fingerprint density at radius 3 is 1.64 bits per heavy atom. The number of anilines is 4. The number of rotatable bonds is 8. The van der Waals surface area contributed by atoms with E-state index >= 15 is 0 Å². The highest BCUT2D eigenvalue weighted by Gasteiger charge is 2.33. The zero-order valence-electron chi connectivity index (χ0n) is 35.3. The molecule has 6 aromatic rings. The fourth-order valence-corrected chi connectivity index (χ4v) is 8.94. The molecule has 4 atom stereocenters. The lowest BCUT2D eigenvalue weighted by atomic mass is 9.99. The molecule has 2 fully saturated rings. The average Bonchev–Trinajstić information content (AvgIpc) is 4.02. The molecule has 0 aliphatic carbocycles. The normalized spacial score (nSPS) is 20.3. The molecule has 2 saturated heterocycles. The van der Waals surface area contributed by atoms with Gasteiger partial charge in [-0.05, 0) is 51.0 Å². The first-order valence-electron chi connectivity index (χ1n) is 21.4. The summed E-state index contributed by atoms with van der Waals surface area (Å²) in [5.41, 5.74) is 6.01. The Hall–Kier alpha value is -7.24. The van der Waals surface area contributed by atoms with Crippen LogP contribution in [-0.2, 0) is 22.4 Å². The first kappa shape index (κ1) is 42.1. The second-order valence-electron chi connectivity index (χ2n) is 16.4. The molecule has 6 aromatic heterocycles. The predicted molar refractivity (Wildman–Crippen MR) is 234 cm³/mol. The molecular formula is C46H46F2N12O4. The van der Waals surface area contributed by atoms with Crippen molar-refractivity contribution in [1.29, 1.82) is 0 Å². The van der Waals surface area contributed by atoms with Crippen molar-refractivity contribution < 1.29 is 28.6 Å². The number of hydrogen-bond donors (Lipinski definition) is 2. The molecule has 64 heavy (non-hydrogen) atoms. The molecular weight excluding hydrogens is 823 g/mol. The lowest BCUT2D eigenvalue weighted by Crippen LogP contribution is -2.36. The molecule has 18 heteroatoms. The van der Waals surface area contributed by atoms with E-state index in [4.69, 9.17) is 9.97 Å². The largest absolute Gasteiger partial charge is 0.481 e. The number of hydrogen-bond acceptors (Lipinski definition) is 14. The van der Waals surface area contributed by atoms with E-state index in [-0.39, 0.29) is 17.9 Å². The first-order chi connectivity index (χ1) is 31.0. The SMILES string of the molecule is CC1c2cnc(-c3ccccn3)nc2CCN1c1cc(F)cc(N2CCC(C(=O)O)C2)n1.CC1c2cnc(-c3ccccn3)nc2CCN1c1cc(N2CCC(C(=O)O)C2)cc(F)n1. The van der Waals surface area contributed by atoms with Gasteiger partial charge in [0.25, 0.3) is 0 Å². The molecule has 4 aliphatic rings. The van der Waals surface area contributed by atoms with E-state index in [0.29, 0.717) is 99.7 Å². The van der Waals surface area contributed by atoms with Crippen LogP contribution in [0.25, 0.3) is 23.0 Å². The van der Waals surface area contributed by atoms with Gasteiger partial charge in [0.2, 0.25) is 5.95 Å². The van der Waals surface area contributed by atoms with Crippen LogP contribution in [0.2, 0.25) is 0 Å². The van der Waals surface area contributed by atoms with E-state index in [1.165, 1.54) is 18.2 Å². The Bertz CT molecular complexity index is 2500. The molecule has 4 unspecified atom stereocenters. The monoisotopic (exact) mass is 868 g/mol. The van der Waals surface area contributed by atoms with Crippen LogP contribution in [0.5, 0.6) is 0 Å². The van der Waals surface area contributed by atoms with Crippen LogP contribution in [-0.4, -0.2) is 101 Å². The Balaban J connectivity index is 0.000000162. The van der Waals surface area contributed by atoms with Crippen molar-refractivity contribution in [2.24, 2.45) is 11.8 Å². The number of nitrogens with zero attached hydrogens (tertiary/aromatic N) is 12. The zero-order chi connectivity index (χ0) is 44.5. The van der Waals surface area contributed by atoms with Crippen molar-refractivity contribution >= 4 is 35.1 Å². The molecule has 0 aromatic carbocycles. The van der Waals surface area contributed by atoms with E-state index in [1.807, 2.05) is 88.3 Å². The highest BCUT2D eigenvalue weighted by Crippen LogP contribution is 2.37. The molecule has 16 nitrogen and oxygen atoms in total. The number of fused-ring (bicyclic) bond motifs is 2. The highest BCUT2D eigenvalue weighted by atomic mass is 19.1. The molecule has 0 bridgehead atoms. The minimum Gasteiger partial charge on any atom is -0.481 e. The number of carboxylic acid groups (broad SMARTS) is 2. The van der Waals surface area contributed by atoms with Crippen molar-refractivity contribution in [2.45, 2.75) is 51.6 Å². The van der Waals surface area contributed by atoms with Crippen LogP contribution in [0.3, 0.4) is 0 Å². The second-order valence-corrected chi connectivity index (χ2v) is 16.4. The lowest BCUT2D eigenvalue weighted by molar-refractivity contribution is -0.141. The van der Waals surface area contributed by atoms with Gasteiger partial charge in [0.05, 0.1) is 35.3 Å². The number of carbonyl (C=O) groups is 2. The molecule has 0 amide bonds. The number of aromatic nitrogens is 8. The number of carboxylic acids is 2. The summed E-state index contributed by atoms with van der Waals surface area (Å²) in [5, 5.41) is 18.5. The third kappa shape index (κ3) is 8.71. The number of pyridine rings is 4. The average molecular weight is 869 g/mol.